The number of halogens is 4. The number of amides is 1. The molecule has 1 amide bonds. The molecule has 11 heteroatoms. The number of hydrogen-bond acceptors (Lipinski definition) is 4. The van der Waals surface area contributed by atoms with Crippen LogP contribution in [0.15, 0.2) is 71.6 Å². The lowest BCUT2D eigenvalue weighted by Gasteiger charge is -2.12. The van der Waals surface area contributed by atoms with Crippen molar-refractivity contribution >= 4 is 38.9 Å². The van der Waals surface area contributed by atoms with Gasteiger partial charge in [-0.2, -0.15) is 8.78 Å². The van der Waals surface area contributed by atoms with Gasteiger partial charge in [-0.05, 0) is 54.6 Å². The predicted octanol–water partition coefficient (Wildman–Crippen LogP) is 5.13. The summed E-state index contributed by atoms with van der Waals surface area (Å²) >= 11 is 6.01. The molecule has 0 saturated carbocycles. The zero-order valence-corrected chi connectivity index (χ0v) is 17.1. The Labute approximate surface area is 180 Å². The fourth-order valence-corrected chi connectivity index (χ4v) is 4.12. The molecule has 0 atom stereocenters. The smallest absolute Gasteiger partial charge is 0.387 e. The molecule has 0 aromatic heterocycles. The number of carbonyl (C=O) groups is 1. The number of rotatable bonds is 7. The van der Waals surface area contributed by atoms with Crippen LogP contribution < -0.4 is 14.8 Å². The van der Waals surface area contributed by atoms with Crippen LogP contribution in [0.5, 0.6) is 5.75 Å². The van der Waals surface area contributed by atoms with Crippen molar-refractivity contribution in [2.24, 2.45) is 0 Å². The average molecular weight is 471 g/mol. The minimum Gasteiger partial charge on any atom is -0.435 e. The molecular formula is C20H14ClF3N2O4S. The number of anilines is 2. The van der Waals surface area contributed by atoms with Gasteiger partial charge in [-0.25, -0.2) is 12.8 Å². The molecule has 3 rings (SSSR count). The summed E-state index contributed by atoms with van der Waals surface area (Å²) in [7, 11) is -4.19. The molecule has 0 fully saturated rings. The van der Waals surface area contributed by atoms with Gasteiger partial charge in [0.1, 0.15) is 16.5 Å². The van der Waals surface area contributed by atoms with E-state index in [0.717, 1.165) is 18.2 Å². The van der Waals surface area contributed by atoms with Crippen LogP contribution in [0, 0.1) is 5.82 Å². The minimum atomic E-state index is -4.19. The van der Waals surface area contributed by atoms with E-state index < -0.39 is 28.4 Å². The molecule has 0 radical (unpaired) electrons. The van der Waals surface area contributed by atoms with E-state index >= 15 is 0 Å². The van der Waals surface area contributed by atoms with Gasteiger partial charge >= 0.3 is 6.61 Å². The maximum absolute atomic E-state index is 13.0. The second-order valence-corrected chi connectivity index (χ2v) is 8.18. The lowest BCUT2D eigenvalue weighted by atomic mass is 10.2. The first-order valence-corrected chi connectivity index (χ1v) is 10.4. The van der Waals surface area contributed by atoms with Crippen molar-refractivity contribution in [3.63, 3.8) is 0 Å². The zero-order chi connectivity index (χ0) is 22.6. The van der Waals surface area contributed by atoms with Crippen molar-refractivity contribution in [1.29, 1.82) is 0 Å². The Kier molecular flexibility index (Phi) is 6.71. The topological polar surface area (TPSA) is 84.5 Å². The molecule has 6 nitrogen and oxygen atoms in total. The van der Waals surface area contributed by atoms with Gasteiger partial charge in [0.15, 0.2) is 0 Å². The van der Waals surface area contributed by atoms with Gasteiger partial charge in [0, 0.05) is 23.0 Å². The molecule has 3 aromatic rings. The fourth-order valence-electron chi connectivity index (χ4n) is 2.53. The van der Waals surface area contributed by atoms with E-state index in [4.69, 9.17) is 11.6 Å². The van der Waals surface area contributed by atoms with E-state index in [9.17, 15) is 26.4 Å². The Morgan fingerprint density at radius 2 is 1.68 bits per heavy atom. The SMILES string of the molecule is O=C(Nc1cccc(OC(F)F)c1)c1ccc(Cl)c(S(=O)(=O)Nc2ccc(F)cc2)c1. The molecule has 0 aliphatic heterocycles. The van der Waals surface area contributed by atoms with E-state index in [1.54, 1.807) is 0 Å². The summed E-state index contributed by atoms with van der Waals surface area (Å²) in [6.45, 7) is -3.02. The Hall–Kier alpha value is -3.24. The molecule has 3 aromatic carbocycles. The Bertz CT molecular complexity index is 1210. The van der Waals surface area contributed by atoms with E-state index in [1.165, 1.54) is 48.5 Å². The second kappa shape index (κ2) is 9.27. The summed E-state index contributed by atoms with van der Waals surface area (Å²) < 4.78 is 69.6. The van der Waals surface area contributed by atoms with Crippen molar-refractivity contribution in [2.45, 2.75) is 11.5 Å². The van der Waals surface area contributed by atoms with Crippen LogP contribution in [0.25, 0.3) is 0 Å². The number of alkyl halides is 2. The molecule has 0 saturated heterocycles. The number of hydrogen-bond donors (Lipinski definition) is 2. The molecule has 0 heterocycles. The summed E-state index contributed by atoms with van der Waals surface area (Å²) in [5.74, 6) is -1.40. The highest BCUT2D eigenvalue weighted by molar-refractivity contribution is 7.92. The Morgan fingerprint density at radius 1 is 0.968 bits per heavy atom. The number of benzene rings is 3. The number of carbonyl (C=O) groups excluding carboxylic acids is 1. The third kappa shape index (κ3) is 5.89. The molecular weight excluding hydrogens is 457 g/mol. The van der Waals surface area contributed by atoms with Gasteiger partial charge < -0.3 is 10.1 Å². The van der Waals surface area contributed by atoms with Gasteiger partial charge in [-0.1, -0.05) is 17.7 Å². The van der Waals surface area contributed by atoms with Gasteiger partial charge in [-0.3, -0.25) is 9.52 Å². The average Bonchev–Trinajstić information content (AvgIpc) is 2.69. The fraction of sp³-hybridized carbons (Fsp3) is 0.0500. The molecule has 0 aliphatic carbocycles. The second-order valence-electron chi connectivity index (χ2n) is 6.12. The highest BCUT2D eigenvalue weighted by Gasteiger charge is 2.21. The van der Waals surface area contributed by atoms with Crippen LogP contribution in [-0.2, 0) is 10.0 Å². The van der Waals surface area contributed by atoms with Crippen molar-refractivity contribution in [1.82, 2.24) is 0 Å². The van der Waals surface area contributed by atoms with Gasteiger partial charge in [-0.15, -0.1) is 0 Å². The summed E-state index contributed by atoms with van der Waals surface area (Å²) in [5.41, 5.74) is 0.208. The van der Waals surface area contributed by atoms with E-state index in [2.05, 4.69) is 14.8 Å². The minimum absolute atomic E-state index is 0.0518. The van der Waals surface area contributed by atoms with Crippen LogP contribution >= 0.6 is 11.6 Å². The summed E-state index contributed by atoms with van der Waals surface area (Å²) in [6, 6.07) is 13.5. The maximum atomic E-state index is 13.0. The Balaban J connectivity index is 1.83. The molecule has 162 valence electrons. The lowest BCUT2D eigenvalue weighted by Crippen LogP contribution is -2.16. The summed E-state index contributed by atoms with van der Waals surface area (Å²) in [4.78, 5) is 12.2. The van der Waals surface area contributed by atoms with Crippen LogP contribution in [0.4, 0.5) is 24.5 Å². The van der Waals surface area contributed by atoms with Crippen molar-refractivity contribution in [3.05, 3.63) is 83.1 Å². The number of sulfonamides is 1. The molecule has 0 bridgehead atoms. The van der Waals surface area contributed by atoms with Crippen LogP contribution in [0.1, 0.15) is 10.4 Å². The lowest BCUT2D eigenvalue weighted by molar-refractivity contribution is -0.0498. The Morgan fingerprint density at radius 3 is 2.35 bits per heavy atom. The van der Waals surface area contributed by atoms with Crippen LogP contribution in [-0.4, -0.2) is 20.9 Å². The van der Waals surface area contributed by atoms with Crippen molar-refractivity contribution < 1.29 is 31.1 Å². The molecule has 0 aliphatic rings. The highest BCUT2D eigenvalue weighted by atomic mass is 35.5. The van der Waals surface area contributed by atoms with Gasteiger partial charge in [0.25, 0.3) is 15.9 Å². The first-order chi connectivity index (χ1) is 14.6. The van der Waals surface area contributed by atoms with Gasteiger partial charge in [0.05, 0.1) is 5.02 Å². The normalized spacial score (nSPS) is 11.3. The van der Waals surface area contributed by atoms with Crippen molar-refractivity contribution in [3.8, 4) is 5.75 Å². The molecule has 2 N–H and O–H groups in total. The number of nitrogens with one attached hydrogen (secondary N) is 2. The quantitative estimate of drug-likeness (QED) is 0.501. The summed E-state index contributed by atoms with van der Waals surface area (Å²) in [6.07, 6.45) is 0. The first kappa shape index (κ1) is 22.4. The van der Waals surface area contributed by atoms with E-state index in [-0.39, 0.29) is 32.6 Å². The van der Waals surface area contributed by atoms with Crippen molar-refractivity contribution in [2.75, 3.05) is 10.0 Å². The largest absolute Gasteiger partial charge is 0.435 e. The predicted molar refractivity (Wildman–Crippen MR) is 110 cm³/mol. The van der Waals surface area contributed by atoms with E-state index in [0.29, 0.717) is 0 Å². The maximum Gasteiger partial charge on any atom is 0.387 e. The number of ether oxygens (including phenoxy) is 1. The highest BCUT2D eigenvalue weighted by Crippen LogP contribution is 2.26. The monoisotopic (exact) mass is 470 g/mol. The zero-order valence-electron chi connectivity index (χ0n) is 15.5. The van der Waals surface area contributed by atoms with E-state index in [1.807, 2.05) is 0 Å². The third-order valence-corrected chi connectivity index (χ3v) is 5.76. The molecule has 31 heavy (non-hydrogen) atoms. The van der Waals surface area contributed by atoms with Gasteiger partial charge in [0.2, 0.25) is 0 Å². The molecule has 0 unspecified atom stereocenters. The third-order valence-electron chi connectivity index (χ3n) is 3.90. The van der Waals surface area contributed by atoms with Crippen LogP contribution in [0.3, 0.4) is 0 Å². The standard InChI is InChI=1S/C20H14ClF3N2O4S/c21-17-9-4-12(19(27)25-15-2-1-3-16(11-15)30-20(23)24)10-18(17)31(28,29)26-14-7-5-13(22)6-8-14/h1-11,20,26H,(H,25,27). The molecule has 0 spiro atoms. The first-order valence-electron chi connectivity index (χ1n) is 8.58. The van der Waals surface area contributed by atoms with Crippen LogP contribution in [0.2, 0.25) is 5.02 Å². The summed E-state index contributed by atoms with van der Waals surface area (Å²) in [5, 5.41) is 2.32.